The van der Waals surface area contributed by atoms with E-state index in [2.05, 4.69) is 15.6 Å². The molecule has 0 atom stereocenters. The molecule has 7 nitrogen and oxygen atoms in total. The number of hydrogen-bond acceptors (Lipinski definition) is 6. The van der Waals surface area contributed by atoms with Crippen molar-refractivity contribution < 1.29 is 19.1 Å². The van der Waals surface area contributed by atoms with Gasteiger partial charge in [-0.05, 0) is 25.0 Å². The lowest BCUT2D eigenvalue weighted by Crippen LogP contribution is -2.35. The molecule has 0 saturated heterocycles. The minimum absolute atomic E-state index is 0.0729. The van der Waals surface area contributed by atoms with E-state index in [0.717, 1.165) is 12.8 Å². The lowest BCUT2D eigenvalue weighted by Gasteiger charge is -2.08. The number of nitrogens with zero attached hydrogens (tertiary/aromatic N) is 1. The monoisotopic (exact) mass is 375 g/mol. The van der Waals surface area contributed by atoms with Gasteiger partial charge in [0.15, 0.2) is 11.5 Å². The highest BCUT2D eigenvalue weighted by atomic mass is 32.1. The number of thiazole rings is 1. The lowest BCUT2D eigenvalue weighted by molar-refractivity contribution is -0.122. The molecule has 1 heterocycles. The van der Waals surface area contributed by atoms with Crippen molar-refractivity contribution in [2.75, 3.05) is 20.2 Å². The fourth-order valence-corrected chi connectivity index (χ4v) is 2.99. The number of rotatable bonds is 9. The first-order valence-electron chi connectivity index (χ1n) is 8.43. The average Bonchev–Trinajstić information content (AvgIpc) is 3.41. The van der Waals surface area contributed by atoms with Crippen molar-refractivity contribution in [3.63, 3.8) is 0 Å². The summed E-state index contributed by atoms with van der Waals surface area (Å²) >= 11 is 1.36. The van der Waals surface area contributed by atoms with Crippen molar-refractivity contribution in [2.24, 2.45) is 5.92 Å². The van der Waals surface area contributed by atoms with E-state index in [-0.39, 0.29) is 24.3 Å². The lowest BCUT2D eigenvalue weighted by atomic mass is 10.3. The number of carbonyl (C=O) groups is 2. The molecule has 1 fully saturated rings. The molecule has 2 amide bonds. The average molecular weight is 375 g/mol. The van der Waals surface area contributed by atoms with Gasteiger partial charge < -0.3 is 20.1 Å². The van der Waals surface area contributed by atoms with Gasteiger partial charge >= 0.3 is 0 Å². The Morgan fingerprint density at radius 1 is 1.19 bits per heavy atom. The molecule has 0 aliphatic heterocycles. The zero-order valence-electron chi connectivity index (χ0n) is 14.5. The maximum Gasteiger partial charge on any atom is 0.270 e. The van der Waals surface area contributed by atoms with Gasteiger partial charge in [-0.15, -0.1) is 11.3 Å². The second-order valence-corrected chi connectivity index (χ2v) is 6.83. The molecule has 0 bridgehead atoms. The molecule has 138 valence electrons. The normalized spacial score (nSPS) is 13.1. The van der Waals surface area contributed by atoms with E-state index < -0.39 is 0 Å². The van der Waals surface area contributed by atoms with Crippen LogP contribution in [0.1, 0.15) is 28.3 Å². The quantitative estimate of drug-likeness (QED) is 0.654. The largest absolute Gasteiger partial charge is 0.493 e. The number of methoxy groups -OCH3 is 1. The summed E-state index contributed by atoms with van der Waals surface area (Å²) in [6.07, 6.45) is 1.94. The molecule has 3 rings (SSSR count). The SMILES string of the molecule is COc1ccccc1OCc1nc(C(=O)NCCNC(=O)C2CC2)cs1. The van der Waals surface area contributed by atoms with Gasteiger partial charge in [-0.2, -0.15) is 0 Å². The number of para-hydroxylation sites is 2. The van der Waals surface area contributed by atoms with Gasteiger partial charge in [0.05, 0.1) is 7.11 Å². The Hall–Kier alpha value is -2.61. The van der Waals surface area contributed by atoms with Crippen LogP contribution in [0.15, 0.2) is 29.6 Å². The second kappa shape index (κ2) is 8.66. The Bertz CT molecular complexity index is 773. The predicted octanol–water partition coefficient (Wildman–Crippen LogP) is 1.99. The second-order valence-electron chi connectivity index (χ2n) is 5.89. The highest BCUT2D eigenvalue weighted by Gasteiger charge is 2.29. The maximum atomic E-state index is 12.1. The van der Waals surface area contributed by atoms with Crippen LogP contribution >= 0.6 is 11.3 Å². The Kier molecular flexibility index (Phi) is 6.06. The number of hydrogen-bond donors (Lipinski definition) is 2. The van der Waals surface area contributed by atoms with Gasteiger partial charge in [-0.25, -0.2) is 4.98 Å². The number of aromatic nitrogens is 1. The van der Waals surface area contributed by atoms with Crippen molar-refractivity contribution in [2.45, 2.75) is 19.4 Å². The third kappa shape index (κ3) is 4.95. The Balaban J connectivity index is 1.43. The molecule has 1 aromatic heterocycles. The molecule has 0 radical (unpaired) electrons. The van der Waals surface area contributed by atoms with Crippen molar-refractivity contribution >= 4 is 23.2 Å². The summed E-state index contributed by atoms with van der Waals surface area (Å²) in [5.41, 5.74) is 0.349. The van der Waals surface area contributed by atoms with Crippen LogP contribution in [-0.4, -0.2) is 37.0 Å². The molecule has 1 saturated carbocycles. The predicted molar refractivity (Wildman–Crippen MR) is 97.5 cm³/mol. The van der Waals surface area contributed by atoms with E-state index in [9.17, 15) is 9.59 Å². The zero-order valence-corrected chi connectivity index (χ0v) is 15.3. The van der Waals surface area contributed by atoms with Crippen LogP contribution in [0.2, 0.25) is 0 Å². The minimum Gasteiger partial charge on any atom is -0.493 e. The summed E-state index contributed by atoms with van der Waals surface area (Å²) in [5, 5.41) is 7.94. The summed E-state index contributed by atoms with van der Waals surface area (Å²) in [7, 11) is 1.58. The highest BCUT2D eigenvalue weighted by molar-refractivity contribution is 7.09. The molecule has 26 heavy (non-hydrogen) atoms. The van der Waals surface area contributed by atoms with Crippen LogP contribution in [0.5, 0.6) is 11.5 Å². The number of carbonyl (C=O) groups excluding carboxylic acids is 2. The fraction of sp³-hybridized carbons (Fsp3) is 0.389. The molecule has 0 unspecified atom stereocenters. The summed E-state index contributed by atoms with van der Waals surface area (Å²) in [4.78, 5) is 27.9. The molecule has 8 heteroatoms. The summed E-state index contributed by atoms with van der Waals surface area (Å²) in [6, 6.07) is 7.36. The molecular formula is C18H21N3O4S. The van der Waals surface area contributed by atoms with E-state index in [1.165, 1.54) is 11.3 Å². The molecule has 2 N–H and O–H groups in total. The van der Waals surface area contributed by atoms with Gasteiger partial charge in [0.2, 0.25) is 5.91 Å². The maximum absolute atomic E-state index is 12.1. The van der Waals surface area contributed by atoms with Crippen LogP contribution in [-0.2, 0) is 11.4 Å². The smallest absolute Gasteiger partial charge is 0.270 e. The van der Waals surface area contributed by atoms with Crippen molar-refractivity contribution in [1.29, 1.82) is 0 Å². The van der Waals surface area contributed by atoms with Crippen LogP contribution in [0, 0.1) is 5.92 Å². The molecule has 1 aliphatic rings. The first kappa shape index (κ1) is 18.2. The molecule has 1 aromatic carbocycles. The third-order valence-electron chi connectivity index (χ3n) is 3.86. The standard InChI is InChI=1S/C18H21N3O4S/c1-24-14-4-2-3-5-15(14)25-10-16-21-13(11-26-16)18(23)20-9-8-19-17(22)12-6-7-12/h2-5,11-12H,6-10H2,1H3,(H,19,22)(H,20,23). The first-order chi connectivity index (χ1) is 12.7. The zero-order chi connectivity index (χ0) is 18.4. The van der Waals surface area contributed by atoms with Gasteiger partial charge in [-0.3, -0.25) is 9.59 Å². The van der Waals surface area contributed by atoms with E-state index in [0.29, 0.717) is 35.3 Å². The summed E-state index contributed by atoms with van der Waals surface area (Å²) in [5.74, 6) is 1.27. The first-order valence-corrected chi connectivity index (χ1v) is 9.31. The topological polar surface area (TPSA) is 89.6 Å². The number of nitrogens with one attached hydrogen (secondary N) is 2. The van der Waals surface area contributed by atoms with E-state index >= 15 is 0 Å². The van der Waals surface area contributed by atoms with Gasteiger partial charge in [0, 0.05) is 24.4 Å². The molecular weight excluding hydrogens is 354 g/mol. The van der Waals surface area contributed by atoms with Crippen molar-refractivity contribution in [1.82, 2.24) is 15.6 Å². The Morgan fingerprint density at radius 2 is 1.92 bits per heavy atom. The molecule has 0 spiro atoms. The number of benzene rings is 1. The Labute approximate surface area is 155 Å². The van der Waals surface area contributed by atoms with Crippen LogP contribution in [0.25, 0.3) is 0 Å². The van der Waals surface area contributed by atoms with Crippen LogP contribution < -0.4 is 20.1 Å². The van der Waals surface area contributed by atoms with E-state index in [1.54, 1.807) is 12.5 Å². The van der Waals surface area contributed by atoms with Gasteiger partial charge in [0.1, 0.15) is 17.3 Å². The third-order valence-corrected chi connectivity index (χ3v) is 4.68. The summed E-state index contributed by atoms with van der Waals surface area (Å²) < 4.78 is 10.9. The van der Waals surface area contributed by atoms with E-state index in [1.807, 2.05) is 24.3 Å². The highest BCUT2D eigenvalue weighted by Crippen LogP contribution is 2.28. The summed E-state index contributed by atoms with van der Waals surface area (Å²) in [6.45, 7) is 1.06. The number of amides is 2. The van der Waals surface area contributed by atoms with Crippen molar-refractivity contribution in [3.8, 4) is 11.5 Å². The van der Waals surface area contributed by atoms with Crippen LogP contribution in [0.4, 0.5) is 0 Å². The van der Waals surface area contributed by atoms with Gasteiger partial charge in [-0.1, -0.05) is 12.1 Å². The number of ether oxygens (including phenoxy) is 2. The fourth-order valence-electron chi connectivity index (χ4n) is 2.30. The van der Waals surface area contributed by atoms with Gasteiger partial charge in [0.25, 0.3) is 5.91 Å². The minimum atomic E-state index is -0.259. The van der Waals surface area contributed by atoms with Crippen molar-refractivity contribution in [3.05, 3.63) is 40.3 Å². The van der Waals surface area contributed by atoms with E-state index in [4.69, 9.17) is 9.47 Å². The molecule has 2 aromatic rings. The molecule has 1 aliphatic carbocycles. The Morgan fingerprint density at radius 3 is 2.65 bits per heavy atom. The van der Waals surface area contributed by atoms with Crippen LogP contribution in [0.3, 0.4) is 0 Å².